The minimum absolute atomic E-state index is 0.158. The molecule has 0 bridgehead atoms. The molecule has 3 heteroatoms. The van der Waals surface area contributed by atoms with Crippen LogP contribution in [0.1, 0.15) is 17.9 Å². The van der Waals surface area contributed by atoms with Crippen LogP contribution in [0, 0.1) is 5.82 Å². The van der Waals surface area contributed by atoms with Gasteiger partial charge < -0.3 is 10.2 Å². The van der Waals surface area contributed by atoms with Crippen LogP contribution in [-0.4, -0.2) is 38.1 Å². The van der Waals surface area contributed by atoms with E-state index in [1.54, 1.807) is 12.1 Å². The number of nitrogens with zero attached hydrogens (tertiary/aromatic N) is 1. The molecule has 1 N–H and O–H groups in total. The summed E-state index contributed by atoms with van der Waals surface area (Å²) in [6.07, 6.45) is 1.15. The Balaban J connectivity index is 2.19. The van der Waals surface area contributed by atoms with Crippen LogP contribution < -0.4 is 5.32 Å². The van der Waals surface area contributed by atoms with Gasteiger partial charge in [0.15, 0.2) is 0 Å². The lowest BCUT2D eigenvalue weighted by Gasteiger charge is -2.37. The van der Waals surface area contributed by atoms with Crippen molar-refractivity contribution in [3.05, 3.63) is 35.6 Å². The van der Waals surface area contributed by atoms with Gasteiger partial charge in [-0.1, -0.05) is 12.1 Å². The number of nitrogens with one attached hydrogen (secondary N) is 1. The first-order valence-corrected chi connectivity index (χ1v) is 5.81. The number of likely N-dealkylation sites (N-methyl/N-ethyl adjacent to an activating group) is 1. The van der Waals surface area contributed by atoms with Crippen LogP contribution >= 0.6 is 0 Å². The molecular formula is C13H19FN2. The topological polar surface area (TPSA) is 15.3 Å². The Morgan fingerprint density at radius 2 is 1.94 bits per heavy atom. The van der Waals surface area contributed by atoms with E-state index >= 15 is 0 Å². The van der Waals surface area contributed by atoms with Gasteiger partial charge in [-0.15, -0.1) is 0 Å². The van der Waals surface area contributed by atoms with Crippen molar-refractivity contribution < 1.29 is 4.39 Å². The van der Waals surface area contributed by atoms with Crippen molar-refractivity contribution in [1.82, 2.24) is 10.2 Å². The van der Waals surface area contributed by atoms with Crippen LogP contribution in [0.2, 0.25) is 0 Å². The summed E-state index contributed by atoms with van der Waals surface area (Å²) < 4.78 is 12.9. The fraction of sp³-hybridized carbons (Fsp3) is 0.538. The van der Waals surface area contributed by atoms with E-state index in [0.717, 1.165) is 19.5 Å². The maximum Gasteiger partial charge on any atom is 0.123 e. The van der Waals surface area contributed by atoms with Crippen LogP contribution in [0.5, 0.6) is 0 Å². The molecule has 1 aromatic rings. The van der Waals surface area contributed by atoms with Gasteiger partial charge in [0.25, 0.3) is 0 Å². The molecule has 2 rings (SSSR count). The summed E-state index contributed by atoms with van der Waals surface area (Å²) in [5.74, 6) is 0.304. The number of benzene rings is 1. The fourth-order valence-corrected chi connectivity index (χ4v) is 2.51. The highest BCUT2D eigenvalue weighted by atomic mass is 19.1. The first-order valence-electron chi connectivity index (χ1n) is 5.81. The molecule has 2 atom stereocenters. The average Bonchev–Trinajstić information content (AvgIpc) is 2.30. The second-order valence-electron chi connectivity index (χ2n) is 4.68. The van der Waals surface area contributed by atoms with Gasteiger partial charge in [-0.3, -0.25) is 0 Å². The number of hydrogen-bond donors (Lipinski definition) is 1. The summed E-state index contributed by atoms with van der Waals surface area (Å²) in [4.78, 5) is 2.27. The molecule has 0 radical (unpaired) electrons. The predicted octanol–water partition coefficient (Wildman–Crippen LogP) is 1.83. The summed E-state index contributed by atoms with van der Waals surface area (Å²) in [5, 5.41) is 3.41. The van der Waals surface area contributed by atoms with Gasteiger partial charge in [-0.25, -0.2) is 4.39 Å². The molecule has 0 aliphatic carbocycles. The minimum atomic E-state index is -0.158. The largest absolute Gasteiger partial charge is 0.316 e. The second-order valence-corrected chi connectivity index (χ2v) is 4.68. The number of rotatable bonds is 2. The Hall–Kier alpha value is -0.930. The lowest BCUT2D eigenvalue weighted by Crippen LogP contribution is -2.45. The molecule has 0 spiro atoms. The molecule has 88 valence electrons. The van der Waals surface area contributed by atoms with Crippen molar-refractivity contribution in [1.29, 1.82) is 0 Å². The van der Waals surface area contributed by atoms with Crippen molar-refractivity contribution in [3.8, 4) is 0 Å². The molecule has 1 saturated heterocycles. The molecule has 16 heavy (non-hydrogen) atoms. The second kappa shape index (κ2) is 4.93. The van der Waals surface area contributed by atoms with E-state index in [9.17, 15) is 4.39 Å². The summed E-state index contributed by atoms with van der Waals surface area (Å²) in [6.45, 7) is 2.05. The molecule has 1 fully saturated rings. The standard InChI is InChI=1S/C13H19FN2/c1-16(2)13-7-8-15-9-12(13)10-3-5-11(14)6-4-10/h3-6,12-13,15H,7-9H2,1-2H3. The SMILES string of the molecule is CN(C)C1CCNCC1c1ccc(F)cc1. The van der Waals surface area contributed by atoms with Crippen molar-refractivity contribution >= 4 is 0 Å². The van der Waals surface area contributed by atoms with E-state index in [0.29, 0.717) is 12.0 Å². The highest BCUT2D eigenvalue weighted by Crippen LogP contribution is 2.26. The number of piperidine rings is 1. The zero-order valence-corrected chi connectivity index (χ0v) is 9.91. The van der Waals surface area contributed by atoms with Gasteiger partial charge >= 0.3 is 0 Å². The van der Waals surface area contributed by atoms with Gasteiger partial charge in [-0.05, 0) is 44.8 Å². The Kier molecular flexibility index (Phi) is 3.56. The van der Waals surface area contributed by atoms with Crippen molar-refractivity contribution in [2.24, 2.45) is 0 Å². The Labute approximate surface area is 96.5 Å². The smallest absolute Gasteiger partial charge is 0.123 e. The first kappa shape index (κ1) is 11.6. The molecule has 0 aromatic heterocycles. The van der Waals surface area contributed by atoms with E-state index in [4.69, 9.17) is 0 Å². The quantitative estimate of drug-likeness (QED) is 0.821. The number of hydrogen-bond acceptors (Lipinski definition) is 2. The summed E-state index contributed by atoms with van der Waals surface area (Å²) in [7, 11) is 4.24. The van der Waals surface area contributed by atoms with Gasteiger partial charge in [0.1, 0.15) is 5.82 Å². The minimum Gasteiger partial charge on any atom is -0.316 e. The summed E-state index contributed by atoms with van der Waals surface area (Å²) in [6, 6.07) is 7.46. The Bertz CT molecular complexity index is 334. The summed E-state index contributed by atoms with van der Waals surface area (Å²) in [5.41, 5.74) is 1.23. The zero-order valence-electron chi connectivity index (χ0n) is 9.91. The van der Waals surface area contributed by atoms with E-state index < -0.39 is 0 Å². The van der Waals surface area contributed by atoms with Crippen molar-refractivity contribution in [2.45, 2.75) is 18.4 Å². The van der Waals surface area contributed by atoms with E-state index in [2.05, 4.69) is 24.3 Å². The number of halogens is 1. The lowest BCUT2D eigenvalue weighted by molar-refractivity contribution is 0.209. The molecule has 1 aromatic carbocycles. The molecule has 0 amide bonds. The van der Waals surface area contributed by atoms with Crippen molar-refractivity contribution in [2.75, 3.05) is 27.2 Å². The van der Waals surface area contributed by atoms with Gasteiger partial charge in [0.05, 0.1) is 0 Å². The molecule has 1 aliphatic rings. The van der Waals surface area contributed by atoms with Crippen LogP contribution in [0.25, 0.3) is 0 Å². The molecular weight excluding hydrogens is 203 g/mol. The van der Waals surface area contributed by atoms with E-state index in [-0.39, 0.29) is 5.82 Å². The van der Waals surface area contributed by atoms with Gasteiger partial charge in [0.2, 0.25) is 0 Å². The third-order valence-corrected chi connectivity index (χ3v) is 3.41. The predicted molar refractivity (Wildman–Crippen MR) is 64.1 cm³/mol. The maximum atomic E-state index is 12.9. The fourth-order valence-electron chi connectivity index (χ4n) is 2.51. The van der Waals surface area contributed by atoms with Gasteiger partial charge in [-0.2, -0.15) is 0 Å². The lowest BCUT2D eigenvalue weighted by atomic mass is 9.86. The molecule has 0 saturated carbocycles. The van der Waals surface area contributed by atoms with Crippen LogP contribution in [0.4, 0.5) is 4.39 Å². The highest BCUT2D eigenvalue weighted by Gasteiger charge is 2.27. The molecule has 2 unspecified atom stereocenters. The maximum absolute atomic E-state index is 12.9. The zero-order chi connectivity index (χ0) is 11.5. The normalized spacial score (nSPS) is 26.0. The third kappa shape index (κ3) is 2.42. The van der Waals surface area contributed by atoms with Gasteiger partial charge in [0, 0.05) is 18.5 Å². The molecule has 1 heterocycles. The molecule has 2 nitrogen and oxygen atoms in total. The van der Waals surface area contributed by atoms with Crippen LogP contribution in [-0.2, 0) is 0 Å². The van der Waals surface area contributed by atoms with Crippen molar-refractivity contribution in [3.63, 3.8) is 0 Å². The third-order valence-electron chi connectivity index (χ3n) is 3.41. The highest BCUT2D eigenvalue weighted by molar-refractivity contribution is 5.23. The first-order chi connectivity index (χ1) is 7.68. The Morgan fingerprint density at radius 3 is 2.56 bits per heavy atom. The van der Waals surface area contributed by atoms with Crippen LogP contribution in [0.3, 0.4) is 0 Å². The van der Waals surface area contributed by atoms with E-state index in [1.165, 1.54) is 5.56 Å². The van der Waals surface area contributed by atoms with E-state index in [1.807, 2.05) is 12.1 Å². The monoisotopic (exact) mass is 222 g/mol. The average molecular weight is 222 g/mol. The summed E-state index contributed by atoms with van der Waals surface area (Å²) >= 11 is 0. The molecule has 1 aliphatic heterocycles. The van der Waals surface area contributed by atoms with Crippen LogP contribution in [0.15, 0.2) is 24.3 Å². The Morgan fingerprint density at radius 1 is 1.25 bits per heavy atom.